The molecule has 1 aromatic heterocycles. The second-order valence-corrected chi connectivity index (χ2v) is 13.2. The maximum absolute atomic E-state index is 5.22. The van der Waals surface area contributed by atoms with Gasteiger partial charge < -0.3 is 0 Å². The molecule has 0 saturated heterocycles. The average Bonchev–Trinajstić information content (AvgIpc) is 3.27. The molecule has 8 aromatic carbocycles. The standard InChI is InChI=1S/C51H35N3/c1-5-15-36(16-6-1)38-27-31-42(32-28-38)49-52-50(43-33-29-39(30-34-43)45-24-13-23-44(35-45)37-17-7-2-8-18-37)54-51(53-49)47-26-14-25-46(40-19-9-3-10-20-40)48(47)41-21-11-4-12-22-41/h1-35H. The zero-order valence-electron chi connectivity index (χ0n) is 29.5. The maximum Gasteiger partial charge on any atom is 0.164 e. The number of hydrogen-bond donors (Lipinski definition) is 0. The first-order chi connectivity index (χ1) is 26.8. The minimum absolute atomic E-state index is 0.621. The maximum atomic E-state index is 5.22. The smallest absolute Gasteiger partial charge is 0.164 e. The molecule has 3 nitrogen and oxygen atoms in total. The number of hydrogen-bond acceptors (Lipinski definition) is 3. The SMILES string of the molecule is c1ccc(-c2ccc(-c3nc(-c4ccc(-c5cccc(-c6ccccc6)c5)cc4)nc(-c4cccc(-c5ccccc5)c4-c4ccccc4)n3)cc2)cc1. The highest BCUT2D eigenvalue weighted by molar-refractivity contribution is 5.93. The van der Waals surface area contributed by atoms with Gasteiger partial charge in [-0.3, -0.25) is 0 Å². The normalized spacial score (nSPS) is 11.0. The molecule has 0 atom stereocenters. The lowest BCUT2D eigenvalue weighted by atomic mass is 9.90. The largest absolute Gasteiger partial charge is 0.208 e. The van der Waals surface area contributed by atoms with Crippen LogP contribution in [-0.4, -0.2) is 15.0 Å². The predicted octanol–water partition coefficient (Wildman–Crippen LogP) is 13.2. The van der Waals surface area contributed by atoms with E-state index in [0.717, 1.165) is 55.6 Å². The van der Waals surface area contributed by atoms with Crippen molar-refractivity contribution in [2.24, 2.45) is 0 Å². The average molecular weight is 690 g/mol. The second kappa shape index (κ2) is 14.8. The summed E-state index contributed by atoms with van der Waals surface area (Å²) in [5.74, 6) is 1.87. The summed E-state index contributed by atoms with van der Waals surface area (Å²) >= 11 is 0. The molecule has 1 heterocycles. The third-order valence-corrected chi connectivity index (χ3v) is 9.78. The minimum atomic E-state index is 0.621. The van der Waals surface area contributed by atoms with Gasteiger partial charge in [0.05, 0.1) is 0 Å². The molecule has 9 aromatic rings. The Kier molecular flexibility index (Phi) is 8.94. The third kappa shape index (κ3) is 6.74. The highest BCUT2D eigenvalue weighted by Gasteiger charge is 2.19. The Balaban J connectivity index is 1.18. The van der Waals surface area contributed by atoms with Crippen LogP contribution in [0.15, 0.2) is 212 Å². The highest BCUT2D eigenvalue weighted by Crippen LogP contribution is 2.40. The van der Waals surface area contributed by atoms with E-state index >= 15 is 0 Å². The molecule has 0 amide bonds. The van der Waals surface area contributed by atoms with Crippen LogP contribution in [0.4, 0.5) is 0 Å². The summed E-state index contributed by atoms with van der Waals surface area (Å²) in [4.78, 5) is 15.5. The van der Waals surface area contributed by atoms with Gasteiger partial charge in [0.1, 0.15) is 0 Å². The molecule has 0 bridgehead atoms. The van der Waals surface area contributed by atoms with Crippen LogP contribution >= 0.6 is 0 Å². The van der Waals surface area contributed by atoms with Crippen molar-refractivity contribution in [1.82, 2.24) is 15.0 Å². The minimum Gasteiger partial charge on any atom is -0.208 e. The van der Waals surface area contributed by atoms with Gasteiger partial charge in [-0.05, 0) is 56.1 Å². The van der Waals surface area contributed by atoms with Crippen molar-refractivity contribution in [1.29, 1.82) is 0 Å². The lowest BCUT2D eigenvalue weighted by Gasteiger charge is -2.16. The molecular weight excluding hydrogens is 655 g/mol. The Morgan fingerprint density at radius 1 is 0.204 bits per heavy atom. The van der Waals surface area contributed by atoms with E-state index in [9.17, 15) is 0 Å². The number of nitrogens with zero attached hydrogens (tertiary/aromatic N) is 3. The molecule has 254 valence electrons. The van der Waals surface area contributed by atoms with Gasteiger partial charge >= 0.3 is 0 Å². The monoisotopic (exact) mass is 689 g/mol. The fourth-order valence-corrected chi connectivity index (χ4v) is 7.03. The molecular formula is C51H35N3. The fraction of sp³-hybridized carbons (Fsp3) is 0. The van der Waals surface area contributed by atoms with Crippen molar-refractivity contribution in [2.45, 2.75) is 0 Å². The fourth-order valence-electron chi connectivity index (χ4n) is 7.03. The van der Waals surface area contributed by atoms with Gasteiger partial charge in [-0.2, -0.15) is 0 Å². The molecule has 0 aliphatic heterocycles. The quantitative estimate of drug-likeness (QED) is 0.159. The first kappa shape index (κ1) is 32.7. The van der Waals surface area contributed by atoms with Crippen molar-refractivity contribution in [3.05, 3.63) is 212 Å². The Morgan fingerprint density at radius 3 is 1.06 bits per heavy atom. The lowest BCUT2D eigenvalue weighted by molar-refractivity contribution is 1.07. The number of benzene rings is 8. The summed E-state index contributed by atoms with van der Waals surface area (Å²) < 4.78 is 0. The van der Waals surface area contributed by atoms with Gasteiger partial charge in [-0.25, -0.2) is 15.0 Å². The van der Waals surface area contributed by atoms with Crippen molar-refractivity contribution < 1.29 is 0 Å². The third-order valence-electron chi connectivity index (χ3n) is 9.78. The molecule has 9 rings (SSSR count). The van der Waals surface area contributed by atoms with E-state index in [-0.39, 0.29) is 0 Å². The zero-order chi connectivity index (χ0) is 36.1. The molecule has 0 aliphatic rings. The summed E-state index contributed by atoms with van der Waals surface area (Å²) in [7, 11) is 0. The van der Waals surface area contributed by atoms with E-state index in [0.29, 0.717) is 17.5 Å². The van der Waals surface area contributed by atoms with Crippen molar-refractivity contribution >= 4 is 0 Å². The first-order valence-corrected chi connectivity index (χ1v) is 18.2. The zero-order valence-corrected chi connectivity index (χ0v) is 29.5. The summed E-state index contributed by atoms with van der Waals surface area (Å²) in [5, 5.41) is 0. The van der Waals surface area contributed by atoms with Crippen molar-refractivity contribution in [3.63, 3.8) is 0 Å². The van der Waals surface area contributed by atoms with Crippen LogP contribution in [0, 0.1) is 0 Å². The molecule has 3 heteroatoms. The van der Waals surface area contributed by atoms with Crippen molar-refractivity contribution in [3.8, 4) is 89.8 Å². The van der Waals surface area contributed by atoms with Gasteiger partial charge in [0.25, 0.3) is 0 Å². The molecule has 0 spiro atoms. The molecule has 0 radical (unpaired) electrons. The van der Waals surface area contributed by atoms with E-state index < -0.39 is 0 Å². The summed E-state index contributed by atoms with van der Waals surface area (Å²) in [6.07, 6.45) is 0. The Hall–Kier alpha value is -7.23. The summed E-state index contributed by atoms with van der Waals surface area (Å²) in [6.45, 7) is 0. The van der Waals surface area contributed by atoms with Gasteiger partial charge in [0.2, 0.25) is 0 Å². The lowest BCUT2D eigenvalue weighted by Crippen LogP contribution is -2.02. The van der Waals surface area contributed by atoms with Crippen LogP contribution in [-0.2, 0) is 0 Å². The second-order valence-electron chi connectivity index (χ2n) is 13.2. The van der Waals surface area contributed by atoms with Crippen LogP contribution in [0.1, 0.15) is 0 Å². The van der Waals surface area contributed by atoms with Gasteiger partial charge in [0.15, 0.2) is 17.5 Å². The molecule has 54 heavy (non-hydrogen) atoms. The molecule has 0 fully saturated rings. The molecule has 0 N–H and O–H groups in total. The van der Waals surface area contributed by atoms with Gasteiger partial charge in [-0.1, -0.05) is 206 Å². The summed E-state index contributed by atoms with van der Waals surface area (Å²) in [5.41, 5.74) is 14.2. The van der Waals surface area contributed by atoms with Crippen LogP contribution in [0.3, 0.4) is 0 Å². The van der Waals surface area contributed by atoms with Gasteiger partial charge in [0, 0.05) is 22.3 Å². The van der Waals surface area contributed by atoms with Crippen molar-refractivity contribution in [2.75, 3.05) is 0 Å². The Morgan fingerprint density at radius 2 is 0.537 bits per heavy atom. The summed E-state index contributed by atoms with van der Waals surface area (Å²) in [6, 6.07) is 74.0. The van der Waals surface area contributed by atoms with Crippen LogP contribution < -0.4 is 0 Å². The van der Waals surface area contributed by atoms with E-state index in [1.165, 1.54) is 16.7 Å². The van der Waals surface area contributed by atoms with Crippen LogP contribution in [0.25, 0.3) is 89.8 Å². The molecule has 0 aliphatic carbocycles. The Labute approximate surface area is 316 Å². The molecule has 0 saturated carbocycles. The van der Waals surface area contributed by atoms with E-state index in [1.54, 1.807) is 0 Å². The topological polar surface area (TPSA) is 38.7 Å². The van der Waals surface area contributed by atoms with Gasteiger partial charge in [-0.15, -0.1) is 0 Å². The van der Waals surface area contributed by atoms with E-state index in [2.05, 4.69) is 194 Å². The van der Waals surface area contributed by atoms with E-state index in [1.807, 2.05) is 18.2 Å². The predicted molar refractivity (Wildman–Crippen MR) is 223 cm³/mol. The van der Waals surface area contributed by atoms with Crippen LogP contribution in [0.5, 0.6) is 0 Å². The highest BCUT2D eigenvalue weighted by atomic mass is 15.0. The van der Waals surface area contributed by atoms with Crippen LogP contribution in [0.2, 0.25) is 0 Å². The number of rotatable bonds is 8. The Bertz CT molecular complexity index is 2660. The first-order valence-electron chi connectivity index (χ1n) is 18.2. The van der Waals surface area contributed by atoms with E-state index in [4.69, 9.17) is 15.0 Å². The number of aromatic nitrogens is 3. The molecule has 0 unspecified atom stereocenters.